The molecule has 36 heavy (non-hydrogen) atoms. The number of para-hydroxylation sites is 1. The van der Waals surface area contributed by atoms with Gasteiger partial charge in [-0.1, -0.05) is 39.0 Å². The summed E-state index contributed by atoms with van der Waals surface area (Å²) >= 11 is 0. The predicted molar refractivity (Wildman–Crippen MR) is 137 cm³/mol. The summed E-state index contributed by atoms with van der Waals surface area (Å²) in [5.41, 5.74) is -1.75. The Morgan fingerprint density at radius 2 is 1.78 bits per heavy atom. The summed E-state index contributed by atoms with van der Waals surface area (Å²) in [6, 6.07) is 8.32. The van der Waals surface area contributed by atoms with Gasteiger partial charge in [0.15, 0.2) is 0 Å². The van der Waals surface area contributed by atoms with Gasteiger partial charge in [0, 0.05) is 24.4 Å². The minimum atomic E-state index is -1.07. The molecule has 1 spiro atoms. The van der Waals surface area contributed by atoms with E-state index >= 15 is 0 Å². The van der Waals surface area contributed by atoms with E-state index in [1.165, 1.54) is 0 Å². The Morgan fingerprint density at radius 1 is 1.11 bits per heavy atom. The van der Waals surface area contributed by atoms with Crippen LogP contribution in [0.25, 0.3) is 0 Å². The Kier molecular flexibility index (Phi) is 6.75. The third-order valence-electron chi connectivity index (χ3n) is 7.84. The third-order valence-corrected chi connectivity index (χ3v) is 7.84. The molecule has 8 heteroatoms. The molecule has 0 aliphatic carbocycles. The molecule has 3 saturated heterocycles. The van der Waals surface area contributed by atoms with Crippen molar-refractivity contribution < 1.29 is 24.2 Å². The van der Waals surface area contributed by atoms with Crippen LogP contribution in [0.5, 0.6) is 0 Å². The number of benzene rings is 1. The molecule has 1 aromatic carbocycles. The van der Waals surface area contributed by atoms with E-state index in [4.69, 9.17) is 4.74 Å². The normalized spacial score (nSPS) is 31.5. The fourth-order valence-corrected chi connectivity index (χ4v) is 7.12. The van der Waals surface area contributed by atoms with Crippen LogP contribution in [0.2, 0.25) is 0 Å². The first kappa shape index (κ1) is 26.6. The number of anilines is 1. The first-order chi connectivity index (χ1) is 16.7. The number of hydrogen-bond acceptors (Lipinski definition) is 5. The van der Waals surface area contributed by atoms with Crippen molar-refractivity contribution >= 4 is 23.4 Å². The van der Waals surface area contributed by atoms with Crippen molar-refractivity contribution in [3.8, 4) is 0 Å². The molecule has 3 fully saturated rings. The number of nitrogens with zero attached hydrogens (tertiary/aromatic N) is 1. The van der Waals surface area contributed by atoms with Crippen LogP contribution < -0.4 is 10.6 Å². The summed E-state index contributed by atoms with van der Waals surface area (Å²) in [5.74, 6) is -2.23. The van der Waals surface area contributed by atoms with Crippen LogP contribution in [0.4, 0.5) is 5.69 Å². The number of amides is 3. The Labute approximate surface area is 214 Å². The maximum absolute atomic E-state index is 13.9. The lowest BCUT2D eigenvalue weighted by Crippen LogP contribution is -2.59. The van der Waals surface area contributed by atoms with Crippen LogP contribution >= 0.6 is 0 Å². The van der Waals surface area contributed by atoms with E-state index in [2.05, 4.69) is 31.4 Å². The minimum absolute atomic E-state index is 0.00389. The highest BCUT2D eigenvalue weighted by atomic mass is 16.5. The fraction of sp³-hybridized carbons (Fsp3) is 0.679. The summed E-state index contributed by atoms with van der Waals surface area (Å²) in [6.07, 6.45) is 2.22. The zero-order valence-corrected chi connectivity index (χ0v) is 22.4. The number of aliphatic hydroxyl groups excluding tert-OH is 1. The van der Waals surface area contributed by atoms with Gasteiger partial charge >= 0.3 is 0 Å². The highest BCUT2D eigenvalue weighted by molar-refractivity contribution is 6.02. The average Bonchev–Trinajstić information content (AvgIpc) is 3.31. The topological polar surface area (TPSA) is 108 Å². The van der Waals surface area contributed by atoms with Crippen molar-refractivity contribution in [1.29, 1.82) is 0 Å². The third kappa shape index (κ3) is 4.65. The molecular formula is C28H41N3O5. The molecule has 1 aromatic rings. The lowest BCUT2D eigenvalue weighted by atomic mass is 9.66. The molecule has 0 saturated carbocycles. The second-order valence-electron chi connectivity index (χ2n) is 12.8. The van der Waals surface area contributed by atoms with E-state index in [1.807, 2.05) is 51.1 Å². The highest BCUT2D eigenvalue weighted by Gasteiger charge is 2.77. The average molecular weight is 500 g/mol. The molecule has 198 valence electrons. The Morgan fingerprint density at radius 3 is 2.39 bits per heavy atom. The molecule has 0 radical (unpaired) electrons. The largest absolute Gasteiger partial charge is 0.396 e. The van der Waals surface area contributed by atoms with E-state index in [-0.39, 0.29) is 36.3 Å². The van der Waals surface area contributed by atoms with Crippen LogP contribution in [0.1, 0.15) is 67.2 Å². The number of aliphatic hydroxyl groups is 1. The Balaban J connectivity index is 1.67. The van der Waals surface area contributed by atoms with Crippen LogP contribution in [-0.2, 0) is 19.1 Å². The quantitative estimate of drug-likeness (QED) is 0.509. The molecule has 3 N–H and O–H groups in total. The van der Waals surface area contributed by atoms with Gasteiger partial charge in [0.05, 0.1) is 17.4 Å². The number of hydrogen-bond donors (Lipinski definition) is 3. The molecular weight excluding hydrogens is 458 g/mol. The number of carbonyl (C=O) groups is 3. The number of nitrogens with one attached hydrogen (secondary N) is 2. The first-order valence-electron chi connectivity index (χ1n) is 13.0. The number of likely N-dealkylation sites (tertiary alicyclic amines) is 1. The number of ether oxygens (including phenoxy) is 1. The van der Waals surface area contributed by atoms with Gasteiger partial charge in [-0.05, 0) is 64.0 Å². The Hall–Kier alpha value is -2.45. The van der Waals surface area contributed by atoms with Gasteiger partial charge in [-0.15, -0.1) is 0 Å². The predicted octanol–water partition coefficient (Wildman–Crippen LogP) is 3.10. The maximum atomic E-state index is 13.9. The van der Waals surface area contributed by atoms with E-state index < -0.39 is 34.6 Å². The van der Waals surface area contributed by atoms with Crippen LogP contribution in [-0.4, -0.2) is 63.7 Å². The second kappa shape index (κ2) is 9.14. The molecule has 0 aromatic heterocycles. The van der Waals surface area contributed by atoms with Gasteiger partial charge in [0.1, 0.15) is 11.6 Å². The fourth-order valence-electron chi connectivity index (χ4n) is 7.12. The van der Waals surface area contributed by atoms with Crippen molar-refractivity contribution in [3.63, 3.8) is 0 Å². The highest BCUT2D eigenvalue weighted by Crippen LogP contribution is 2.63. The van der Waals surface area contributed by atoms with Gasteiger partial charge in [-0.3, -0.25) is 14.4 Å². The van der Waals surface area contributed by atoms with Crippen LogP contribution in [0.15, 0.2) is 30.3 Å². The maximum Gasteiger partial charge on any atom is 0.246 e. The van der Waals surface area contributed by atoms with Crippen molar-refractivity contribution in [3.05, 3.63) is 30.3 Å². The zero-order valence-electron chi connectivity index (χ0n) is 22.4. The van der Waals surface area contributed by atoms with E-state index in [1.54, 1.807) is 4.90 Å². The molecule has 3 aliphatic rings. The Bertz CT molecular complexity index is 1020. The molecule has 5 atom stereocenters. The smallest absolute Gasteiger partial charge is 0.246 e. The second-order valence-corrected chi connectivity index (χ2v) is 12.8. The van der Waals surface area contributed by atoms with Gasteiger partial charge in [0.25, 0.3) is 0 Å². The number of fused-ring (bicyclic) bond motifs is 1. The number of carbonyl (C=O) groups excluding carboxylic acids is 3. The van der Waals surface area contributed by atoms with E-state index in [0.717, 1.165) is 6.42 Å². The molecule has 3 heterocycles. The molecule has 2 unspecified atom stereocenters. The minimum Gasteiger partial charge on any atom is -0.396 e. The summed E-state index contributed by atoms with van der Waals surface area (Å²) < 4.78 is 6.63. The molecule has 4 rings (SSSR count). The van der Waals surface area contributed by atoms with Crippen LogP contribution in [0.3, 0.4) is 0 Å². The van der Waals surface area contributed by atoms with Crippen molar-refractivity contribution in [2.75, 3.05) is 18.5 Å². The molecule has 3 aliphatic heterocycles. The lowest BCUT2D eigenvalue weighted by Gasteiger charge is -2.38. The molecule has 2 bridgehead atoms. The van der Waals surface area contributed by atoms with Gasteiger partial charge in [-0.25, -0.2) is 0 Å². The summed E-state index contributed by atoms with van der Waals surface area (Å²) in [4.78, 5) is 42.9. The van der Waals surface area contributed by atoms with E-state index in [0.29, 0.717) is 24.9 Å². The zero-order chi connectivity index (χ0) is 26.5. The summed E-state index contributed by atoms with van der Waals surface area (Å²) in [5, 5.41) is 15.6. The molecule has 8 nitrogen and oxygen atoms in total. The number of rotatable bonds is 8. The van der Waals surface area contributed by atoms with E-state index in [9.17, 15) is 19.5 Å². The monoisotopic (exact) mass is 499 g/mol. The standard InChI is InChI=1S/C28H41N3O5/c1-25(2,3)17-26(4,5)30-23(34)21-28-14-13-27(6,36-28)19(20(28)24(35)31(21)15-10-16-32)22(33)29-18-11-8-7-9-12-18/h7-9,11-12,19-21,32H,10,13-17H2,1-6H3,(H,29,33)(H,30,34)/t19-,20-,21?,27+,28?/m0/s1. The SMILES string of the molecule is CC(C)(C)CC(C)(C)NC(=O)C1N(CCCO)C(=O)[C@@H]2[C@@H](C(=O)Nc3ccccc3)[C@@]3(C)CCC12O3. The summed E-state index contributed by atoms with van der Waals surface area (Å²) in [6.45, 7) is 12.4. The van der Waals surface area contributed by atoms with Crippen LogP contribution in [0, 0.1) is 17.3 Å². The van der Waals surface area contributed by atoms with Gasteiger partial charge in [-0.2, -0.15) is 0 Å². The molecule has 3 amide bonds. The first-order valence-corrected chi connectivity index (χ1v) is 13.0. The summed E-state index contributed by atoms with van der Waals surface area (Å²) in [7, 11) is 0. The van der Waals surface area contributed by atoms with Gasteiger partial charge < -0.3 is 25.4 Å². The van der Waals surface area contributed by atoms with Crippen molar-refractivity contribution in [2.24, 2.45) is 17.3 Å². The lowest BCUT2D eigenvalue weighted by molar-refractivity contribution is -0.146. The van der Waals surface area contributed by atoms with Crippen molar-refractivity contribution in [2.45, 2.75) is 90.0 Å². The van der Waals surface area contributed by atoms with Crippen molar-refractivity contribution in [1.82, 2.24) is 10.2 Å². The van der Waals surface area contributed by atoms with Gasteiger partial charge in [0.2, 0.25) is 17.7 Å².